The van der Waals surface area contributed by atoms with E-state index in [4.69, 9.17) is 26.1 Å². The van der Waals surface area contributed by atoms with Crippen molar-refractivity contribution < 1.29 is 14.3 Å². The number of pyridine rings is 1. The van der Waals surface area contributed by atoms with Crippen LogP contribution in [0.15, 0.2) is 121 Å². The van der Waals surface area contributed by atoms with Crippen LogP contribution in [0.4, 0.5) is 11.4 Å². The van der Waals surface area contributed by atoms with Crippen LogP contribution in [-0.4, -0.2) is 22.6 Å². The van der Waals surface area contributed by atoms with Crippen LogP contribution in [0.1, 0.15) is 23.0 Å². The highest BCUT2D eigenvalue weighted by Gasteiger charge is 2.13. The minimum atomic E-state index is -0.453. The quantitative estimate of drug-likeness (QED) is 0.105. The minimum Gasteiger partial charge on any atom is -0.487 e. The van der Waals surface area contributed by atoms with Crippen molar-refractivity contribution in [2.45, 2.75) is 20.1 Å². The van der Waals surface area contributed by atoms with E-state index in [1.807, 2.05) is 55.5 Å². The van der Waals surface area contributed by atoms with Gasteiger partial charge in [-0.15, -0.1) is 0 Å². The first kappa shape index (κ1) is 27.7. The SMILES string of the molecule is C=C/C(=C\C(=C/C)Cn1ccc2cc(Nc3ccc(Cl)cc3C(=O)OC)ccc21)OCc1ccc2ccccc2n1. The molecule has 206 valence electrons. The molecular formula is C34H30ClN3O3. The standard InChI is InChI=1S/C34H30ClN3O3/c1-4-23(18-29(5-2)41-22-28-12-10-24-8-6-7-9-31(24)37-28)21-38-17-16-25-19-27(13-15-33(25)38)36-32-14-11-26(35)20-30(32)34(39)40-3/h4-20,36H,2,21-22H2,1,3H3/b23-4+,29-18+. The Morgan fingerprint density at radius 2 is 1.90 bits per heavy atom. The van der Waals surface area contributed by atoms with Gasteiger partial charge in [-0.2, -0.15) is 0 Å². The number of para-hydroxylation sites is 1. The number of benzene rings is 3. The van der Waals surface area contributed by atoms with E-state index in [1.165, 1.54) is 7.11 Å². The molecule has 7 heteroatoms. The third kappa shape index (κ3) is 6.51. The summed E-state index contributed by atoms with van der Waals surface area (Å²) in [6.45, 7) is 6.96. The number of hydrogen-bond donors (Lipinski definition) is 1. The zero-order chi connectivity index (χ0) is 28.8. The summed E-state index contributed by atoms with van der Waals surface area (Å²) >= 11 is 6.10. The maximum Gasteiger partial charge on any atom is 0.340 e. The number of allylic oxidation sites excluding steroid dienone is 4. The van der Waals surface area contributed by atoms with Gasteiger partial charge in [-0.25, -0.2) is 9.78 Å². The first-order valence-corrected chi connectivity index (χ1v) is 13.6. The molecule has 3 aromatic carbocycles. The number of methoxy groups -OCH3 is 1. The minimum absolute atomic E-state index is 0.354. The van der Waals surface area contributed by atoms with E-state index in [9.17, 15) is 4.79 Å². The van der Waals surface area contributed by atoms with Crippen molar-refractivity contribution in [2.24, 2.45) is 0 Å². The van der Waals surface area contributed by atoms with Crippen LogP contribution in [0.25, 0.3) is 21.8 Å². The first-order valence-electron chi connectivity index (χ1n) is 13.2. The summed E-state index contributed by atoms with van der Waals surface area (Å²) in [6, 6.07) is 25.3. The molecule has 0 fully saturated rings. The molecular weight excluding hydrogens is 534 g/mol. The van der Waals surface area contributed by atoms with Gasteiger partial charge in [-0.1, -0.05) is 48.5 Å². The summed E-state index contributed by atoms with van der Waals surface area (Å²) in [6.07, 6.45) is 7.85. The van der Waals surface area contributed by atoms with Crippen molar-refractivity contribution >= 4 is 50.8 Å². The Morgan fingerprint density at radius 3 is 2.71 bits per heavy atom. The Labute approximate surface area is 244 Å². The number of fused-ring (bicyclic) bond motifs is 2. The number of nitrogens with one attached hydrogen (secondary N) is 1. The highest BCUT2D eigenvalue weighted by molar-refractivity contribution is 6.31. The van der Waals surface area contributed by atoms with Crippen molar-refractivity contribution in [2.75, 3.05) is 12.4 Å². The van der Waals surface area contributed by atoms with Crippen LogP contribution < -0.4 is 5.32 Å². The number of nitrogens with zero attached hydrogens (tertiary/aromatic N) is 2. The molecule has 0 amide bonds. The zero-order valence-corrected chi connectivity index (χ0v) is 23.7. The predicted molar refractivity (Wildman–Crippen MR) is 167 cm³/mol. The average Bonchev–Trinajstić information content (AvgIpc) is 3.40. The Kier molecular flexibility index (Phi) is 8.51. The molecule has 0 aliphatic heterocycles. The van der Waals surface area contributed by atoms with Gasteiger partial charge in [-0.3, -0.25) is 0 Å². The van der Waals surface area contributed by atoms with Crippen LogP contribution in [-0.2, 0) is 22.6 Å². The molecule has 0 saturated carbocycles. The molecule has 0 spiro atoms. The Hall–Kier alpha value is -4.81. The molecule has 1 N–H and O–H groups in total. The molecule has 5 aromatic rings. The second kappa shape index (κ2) is 12.6. The first-order chi connectivity index (χ1) is 20.0. The molecule has 0 unspecified atom stereocenters. The van der Waals surface area contributed by atoms with Crippen molar-refractivity contribution in [1.82, 2.24) is 9.55 Å². The molecule has 0 bridgehead atoms. The third-order valence-corrected chi connectivity index (χ3v) is 6.97. The lowest BCUT2D eigenvalue weighted by molar-refractivity contribution is 0.0602. The molecule has 0 aliphatic carbocycles. The lowest BCUT2D eigenvalue weighted by atomic mass is 10.1. The number of hydrogen-bond acceptors (Lipinski definition) is 5. The summed E-state index contributed by atoms with van der Waals surface area (Å²) in [5.41, 5.74) is 5.80. The third-order valence-electron chi connectivity index (χ3n) is 6.73. The van der Waals surface area contributed by atoms with E-state index in [0.717, 1.165) is 38.8 Å². The Morgan fingerprint density at radius 1 is 1.05 bits per heavy atom. The molecule has 2 aromatic heterocycles. The number of anilines is 2. The van der Waals surface area contributed by atoms with Crippen LogP contribution >= 0.6 is 11.6 Å². The Balaban J connectivity index is 1.29. The molecule has 41 heavy (non-hydrogen) atoms. The summed E-state index contributed by atoms with van der Waals surface area (Å²) in [5.74, 6) is 0.228. The number of esters is 1. The number of carbonyl (C=O) groups is 1. The van der Waals surface area contributed by atoms with E-state index in [1.54, 1.807) is 24.3 Å². The molecule has 6 nitrogen and oxygen atoms in total. The zero-order valence-electron chi connectivity index (χ0n) is 22.9. The largest absolute Gasteiger partial charge is 0.487 e. The molecule has 2 heterocycles. The van der Waals surface area contributed by atoms with Gasteiger partial charge in [0.1, 0.15) is 12.4 Å². The van der Waals surface area contributed by atoms with Crippen molar-refractivity contribution in [3.8, 4) is 0 Å². The van der Waals surface area contributed by atoms with Gasteiger partial charge in [0.25, 0.3) is 0 Å². The van der Waals surface area contributed by atoms with Crippen molar-refractivity contribution in [3.63, 3.8) is 0 Å². The summed E-state index contributed by atoms with van der Waals surface area (Å²) in [7, 11) is 1.35. The van der Waals surface area contributed by atoms with Crippen LogP contribution in [0, 0.1) is 0 Å². The lowest BCUT2D eigenvalue weighted by Crippen LogP contribution is -2.05. The van der Waals surface area contributed by atoms with Gasteiger partial charge in [0, 0.05) is 39.7 Å². The van der Waals surface area contributed by atoms with E-state index in [0.29, 0.717) is 35.2 Å². The second-order valence-electron chi connectivity index (χ2n) is 9.42. The van der Waals surface area contributed by atoms with E-state index < -0.39 is 5.97 Å². The van der Waals surface area contributed by atoms with Gasteiger partial charge in [0.2, 0.25) is 0 Å². The second-order valence-corrected chi connectivity index (χ2v) is 9.86. The number of aromatic nitrogens is 2. The summed E-state index contributed by atoms with van der Waals surface area (Å²) in [4.78, 5) is 16.9. The predicted octanol–water partition coefficient (Wildman–Crippen LogP) is 8.61. The van der Waals surface area contributed by atoms with Gasteiger partial charge < -0.3 is 19.4 Å². The maximum atomic E-state index is 12.2. The average molecular weight is 564 g/mol. The van der Waals surface area contributed by atoms with Crippen LogP contribution in [0.5, 0.6) is 0 Å². The topological polar surface area (TPSA) is 65.4 Å². The number of halogens is 1. The summed E-state index contributed by atoms with van der Waals surface area (Å²) < 4.78 is 13.2. The number of carbonyl (C=O) groups excluding carboxylic acids is 1. The monoisotopic (exact) mass is 563 g/mol. The smallest absolute Gasteiger partial charge is 0.340 e. The fourth-order valence-electron chi connectivity index (χ4n) is 4.58. The van der Waals surface area contributed by atoms with E-state index >= 15 is 0 Å². The molecule has 0 atom stereocenters. The fraction of sp³-hybridized carbons (Fsp3) is 0.118. The number of rotatable bonds is 10. The van der Waals surface area contributed by atoms with E-state index in [2.05, 4.69) is 46.9 Å². The highest BCUT2D eigenvalue weighted by Crippen LogP contribution is 2.28. The fourth-order valence-corrected chi connectivity index (χ4v) is 4.75. The van der Waals surface area contributed by atoms with Crippen LogP contribution in [0.2, 0.25) is 5.02 Å². The van der Waals surface area contributed by atoms with Gasteiger partial charge in [0.05, 0.1) is 29.6 Å². The Bertz CT molecular complexity index is 1800. The van der Waals surface area contributed by atoms with Gasteiger partial charge >= 0.3 is 5.97 Å². The van der Waals surface area contributed by atoms with Crippen molar-refractivity contribution in [3.05, 3.63) is 137 Å². The molecule has 0 radical (unpaired) electrons. The maximum absolute atomic E-state index is 12.2. The summed E-state index contributed by atoms with van der Waals surface area (Å²) in [5, 5.41) is 5.94. The molecule has 0 aliphatic rings. The van der Waals surface area contributed by atoms with E-state index in [-0.39, 0.29) is 0 Å². The highest BCUT2D eigenvalue weighted by atomic mass is 35.5. The van der Waals surface area contributed by atoms with Gasteiger partial charge in [0.15, 0.2) is 0 Å². The van der Waals surface area contributed by atoms with Crippen molar-refractivity contribution in [1.29, 1.82) is 0 Å². The molecule has 5 rings (SSSR count). The number of ether oxygens (including phenoxy) is 2. The normalized spacial score (nSPS) is 12.0. The van der Waals surface area contributed by atoms with Crippen LogP contribution in [0.3, 0.4) is 0 Å². The molecule has 0 saturated heterocycles. The van der Waals surface area contributed by atoms with Gasteiger partial charge in [-0.05, 0) is 79.2 Å². The lowest BCUT2D eigenvalue weighted by Gasteiger charge is -2.12.